The van der Waals surface area contributed by atoms with Gasteiger partial charge in [0.25, 0.3) is 10.2 Å². The van der Waals surface area contributed by atoms with E-state index in [4.69, 9.17) is 14.4 Å². The summed E-state index contributed by atoms with van der Waals surface area (Å²) in [5.74, 6) is 0.0984. The molecular weight excluding hydrogens is 396 g/mol. The maximum absolute atomic E-state index is 11.3. The molecule has 0 spiro atoms. The summed E-state index contributed by atoms with van der Waals surface area (Å²) >= 11 is 0. The fourth-order valence-corrected chi connectivity index (χ4v) is 6.28. The Bertz CT molecular complexity index is 890. The second kappa shape index (κ2) is 7.41. The van der Waals surface area contributed by atoms with Crippen LogP contribution in [0.1, 0.15) is 56.6 Å². The van der Waals surface area contributed by atoms with E-state index in [1.54, 1.807) is 6.07 Å². The van der Waals surface area contributed by atoms with Gasteiger partial charge in [-0.25, -0.2) is 0 Å². The lowest BCUT2D eigenvalue weighted by Gasteiger charge is -2.52. The molecule has 1 aromatic carbocycles. The average molecular weight is 420 g/mol. The summed E-state index contributed by atoms with van der Waals surface area (Å²) in [5.41, 5.74) is 1.39. The van der Waals surface area contributed by atoms with Gasteiger partial charge in [0.2, 0.25) is 0 Å². The number of carbonyl (C=O) groups excluding carboxylic acids is 1. The number of ether oxygens (including phenoxy) is 1. The number of esters is 1. The molecule has 10 heteroatoms. The molecule has 0 radical (unpaired) electrons. The molecule has 3 aliphatic carbocycles. The number of nitrogens with zero attached hydrogens (tertiary/aromatic N) is 2. The van der Waals surface area contributed by atoms with Crippen LogP contribution in [-0.4, -0.2) is 28.4 Å². The molecule has 0 N–H and O–H groups in total. The normalized spacial score (nSPS) is 34.1. The molecule has 0 saturated heterocycles. The number of hydrogen-bond donors (Lipinski definition) is 0. The van der Waals surface area contributed by atoms with Crippen LogP contribution in [0, 0.1) is 37.5 Å². The van der Waals surface area contributed by atoms with Crippen molar-refractivity contribution in [2.24, 2.45) is 17.3 Å². The second-order valence-corrected chi connectivity index (χ2v) is 8.76. The fourth-order valence-electron chi connectivity index (χ4n) is 6.28. The summed E-state index contributed by atoms with van der Waals surface area (Å²) < 4.78 is 5.19. The van der Waals surface area contributed by atoms with Gasteiger partial charge in [0.1, 0.15) is 18.0 Å². The van der Waals surface area contributed by atoms with Gasteiger partial charge in [-0.2, -0.15) is 0 Å². The molecule has 1 aromatic rings. The number of carbonyl (C=O) groups is 1. The number of aryl methyl sites for hydroxylation is 1. The first-order chi connectivity index (χ1) is 14.2. The Balaban J connectivity index is 1.70. The highest BCUT2D eigenvalue weighted by Crippen LogP contribution is 2.62. The van der Waals surface area contributed by atoms with Gasteiger partial charge < -0.3 is 14.4 Å². The van der Waals surface area contributed by atoms with Gasteiger partial charge in [-0.3, -0.25) is 4.79 Å². The number of hydrogen-bond acceptors (Lipinski definition) is 8. The summed E-state index contributed by atoms with van der Waals surface area (Å²) in [6.45, 7) is 3.27. The largest absolute Gasteiger partial charge is 0.427 e. The van der Waals surface area contributed by atoms with Gasteiger partial charge >= 0.3 is 5.97 Å². The van der Waals surface area contributed by atoms with Crippen LogP contribution in [0.25, 0.3) is 0 Å². The predicted molar refractivity (Wildman–Crippen MR) is 101 cm³/mol. The standard InChI is InChI=1S/C20H24N2O8/c1-11(23)28-13-4-6-14-12(9-13)3-5-15-16-7-8-18(30-22(26)27)20(16,2)10-17(19(14)15)29-21(24)25/h4,6,9,15-19H,3,5,7-8,10H2,1-2H3. The van der Waals surface area contributed by atoms with Crippen molar-refractivity contribution >= 4 is 5.97 Å². The van der Waals surface area contributed by atoms with Gasteiger partial charge in [-0.05, 0) is 72.6 Å². The molecule has 162 valence electrons. The van der Waals surface area contributed by atoms with E-state index in [0.717, 1.165) is 30.4 Å². The molecule has 0 amide bonds. The van der Waals surface area contributed by atoms with Crippen LogP contribution in [0.5, 0.6) is 5.75 Å². The van der Waals surface area contributed by atoms with Gasteiger partial charge in [0.15, 0.2) is 0 Å². The summed E-state index contributed by atoms with van der Waals surface area (Å²) in [6, 6.07) is 5.38. The average Bonchev–Trinajstić information content (AvgIpc) is 2.95. The van der Waals surface area contributed by atoms with Gasteiger partial charge in [0, 0.05) is 12.8 Å². The van der Waals surface area contributed by atoms with Crippen molar-refractivity contribution in [3.63, 3.8) is 0 Å². The smallest absolute Gasteiger partial charge is 0.308 e. The van der Waals surface area contributed by atoms with Crippen LogP contribution in [0.2, 0.25) is 0 Å². The number of fused-ring (bicyclic) bond motifs is 5. The molecule has 0 aliphatic heterocycles. The van der Waals surface area contributed by atoms with Crippen molar-refractivity contribution in [2.75, 3.05) is 0 Å². The molecular formula is C20H24N2O8. The molecule has 10 nitrogen and oxygen atoms in total. The Hall–Kier alpha value is -2.91. The molecule has 0 bridgehead atoms. The molecule has 6 atom stereocenters. The third kappa shape index (κ3) is 3.44. The summed E-state index contributed by atoms with van der Waals surface area (Å²) in [5, 5.41) is 20.7. The fraction of sp³-hybridized carbons (Fsp3) is 0.650. The van der Waals surface area contributed by atoms with Crippen LogP contribution in [-0.2, 0) is 20.9 Å². The first-order valence-corrected chi connectivity index (χ1v) is 10.1. The zero-order valence-corrected chi connectivity index (χ0v) is 16.8. The topological polar surface area (TPSA) is 131 Å². The molecule has 4 rings (SSSR count). The molecule has 30 heavy (non-hydrogen) atoms. The maximum Gasteiger partial charge on any atom is 0.308 e. The highest BCUT2D eigenvalue weighted by molar-refractivity contribution is 5.69. The Labute approximate surface area is 172 Å². The van der Waals surface area contributed by atoms with Crippen molar-refractivity contribution in [3.8, 4) is 5.75 Å². The van der Waals surface area contributed by atoms with Crippen LogP contribution in [0.4, 0.5) is 0 Å². The summed E-state index contributed by atoms with van der Waals surface area (Å²) in [6.07, 6.45) is 1.85. The quantitative estimate of drug-likeness (QED) is 0.307. The minimum atomic E-state index is -0.773. The van der Waals surface area contributed by atoms with E-state index in [-0.39, 0.29) is 17.8 Å². The van der Waals surface area contributed by atoms with E-state index in [2.05, 4.69) is 0 Å². The zero-order chi connectivity index (χ0) is 21.6. The highest BCUT2D eigenvalue weighted by atomic mass is 17.0. The van der Waals surface area contributed by atoms with E-state index in [0.29, 0.717) is 18.6 Å². The van der Waals surface area contributed by atoms with Crippen molar-refractivity contribution in [3.05, 3.63) is 49.6 Å². The monoisotopic (exact) mass is 420 g/mol. The molecule has 2 fully saturated rings. The van der Waals surface area contributed by atoms with Crippen LogP contribution in [0.15, 0.2) is 18.2 Å². The van der Waals surface area contributed by atoms with E-state index in [1.807, 2.05) is 19.1 Å². The van der Waals surface area contributed by atoms with Gasteiger partial charge in [-0.1, -0.05) is 13.0 Å². The molecule has 6 unspecified atom stereocenters. The Morgan fingerprint density at radius 1 is 1.13 bits per heavy atom. The number of rotatable bonds is 5. The SMILES string of the molecule is CC(=O)Oc1ccc2c(c1)CCC1C2C(O[N+](=O)[O-])CC2(C)C(O[N+](=O)[O-])CCC12. The lowest BCUT2D eigenvalue weighted by Crippen LogP contribution is -2.52. The third-order valence-electron chi connectivity index (χ3n) is 7.26. The molecule has 0 heterocycles. The van der Waals surface area contributed by atoms with E-state index >= 15 is 0 Å². The van der Waals surface area contributed by atoms with Crippen molar-refractivity contribution in [1.82, 2.24) is 0 Å². The first kappa shape index (κ1) is 20.4. The van der Waals surface area contributed by atoms with Gasteiger partial charge in [0.05, 0.1) is 0 Å². The first-order valence-electron chi connectivity index (χ1n) is 10.1. The zero-order valence-electron chi connectivity index (χ0n) is 16.8. The Morgan fingerprint density at radius 2 is 1.87 bits per heavy atom. The highest BCUT2D eigenvalue weighted by Gasteiger charge is 2.60. The predicted octanol–water partition coefficient (Wildman–Crippen LogP) is 3.23. The molecule has 2 saturated carbocycles. The minimum absolute atomic E-state index is 0.0983. The van der Waals surface area contributed by atoms with Crippen molar-refractivity contribution in [2.45, 2.75) is 64.1 Å². The molecule has 3 aliphatic rings. The minimum Gasteiger partial charge on any atom is -0.427 e. The molecule has 0 aromatic heterocycles. The Morgan fingerprint density at radius 3 is 2.53 bits per heavy atom. The maximum atomic E-state index is 11.3. The van der Waals surface area contributed by atoms with Crippen LogP contribution >= 0.6 is 0 Å². The second-order valence-electron chi connectivity index (χ2n) is 8.76. The van der Waals surface area contributed by atoms with Crippen molar-refractivity contribution < 1.29 is 29.4 Å². The Kier molecular flexibility index (Phi) is 5.03. The lowest BCUT2D eigenvalue weighted by atomic mass is 9.54. The lowest BCUT2D eigenvalue weighted by molar-refractivity contribution is -0.777. The van der Waals surface area contributed by atoms with Crippen molar-refractivity contribution in [1.29, 1.82) is 0 Å². The van der Waals surface area contributed by atoms with E-state index < -0.39 is 33.8 Å². The van der Waals surface area contributed by atoms with Gasteiger partial charge in [-0.15, -0.1) is 20.2 Å². The third-order valence-corrected chi connectivity index (χ3v) is 7.26. The van der Waals surface area contributed by atoms with E-state index in [9.17, 15) is 25.0 Å². The number of benzene rings is 1. The summed E-state index contributed by atoms with van der Waals surface area (Å²) in [7, 11) is 0. The van der Waals surface area contributed by atoms with E-state index in [1.165, 1.54) is 6.92 Å². The summed E-state index contributed by atoms with van der Waals surface area (Å²) in [4.78, 5) is 43.7. The van der Waals surface area contributed by atoms with Crippen LogP contribution < -0.4 is 4.74 Å². The van der Waals surface area contributed by atoms with Crippen LogP contribution in [0.3, 0.4) is 0 Å².